The molecule has 0 amide bonds. The van der Waals surface area contributed by atoms with Crippen LogP contribution in [0.3, 0.4) is 0 Å². The van der Waals surface area contributed by atoms with Gasteiger partial charge in [-0.3, -0.25) is 0 Å². The molecular weight excluding hydrogens is 499 g/mol. The SMILES string of the molecule is Cc1c(S(=O)(=O)NCP(=O)(O)Oc2ccc(C#N)c(F)c2)sc2c(F)cc(OCC[NH3+])cc12. The Hall–Kier alpha value is -2.59. The second-order valence-corrected chi connectivity index (χ2v) is 11.5. The van der Waals surface area contributed by atoms with Crippen molar-refractivity contribution in [3.05, 3.63) is 53.1 Å². The molecule has 14 heteroatoms. The highest BCUT2D eigenvalue weighted by Gasteiger charge is 2.29. The van der Waals surface area contributed by atoms with E-state index in [1.54, 1.807) is 6.07 Å². The Morgan fingerprint density at radius 2 is 1.94 bits per heavy atom. The van der Waals surface area contributed by atoms with Crippen LogP contribution in [0.2, 0.25) is 0 Å². The molecule has 9 nitrogen and oxygen atoms in total. The lowest BCUT2D eigenvalue weighted by Crippen LogP contribution is -2.52. The van der Waals surface area contributed by atoms with Crippen molar-refractivity contribution < 1.29 is 41.7 Å². The minimum Gasteiger partial charge on any atom is -0.488 e. The van der Waals surface area contributed by atoms with Crippen LogP contribution in [-0.2, 0) is 14.6 Å². The normalized spacial score (nSPS) is 13.5. The molecule has 0 aliphatic rings. The standard InChI is InChI=1S/C19H18F2N3O6PS2/c1-11-15-6-14(29-5-4-22)8-17(21)18(15)32-19(11)33(27,28)24-10-31(25,26)30-13-3-2-12(9-23)16(20)7-13/h2-3,6-8,24H,4-5,10,22H2,1H3,(H,25,26)/p+1. The van der Waals surface area contributed by atoms with Crippen LogP contribution in [0.5, 0.6) is 11.5 Å². The number of ether oxygens (including phenoxy) is 1. The molecule has 0 aliphatic heterocycles. The first-order valence-corrected chi connectivity index (χ1v) is 13.4. The molecule has 2 aromatic carbocycles. The maximum absolute atomic E-state index is 14.5. The lowest BCUT2D eigenvalue weighted by molar-refractivity contribution is -0.370. The van der Waals surface area contributed by atoms with Gasteiger partial charge < -0.3 is 19.9 Å². The average molecular weight is 518 g/mol. The van der Waals surface area contributed by atoms with Gasteiger partial charge in [-0.05, 0) is 30.7 Å². The van der Waals surface area contributed by atoms with E-state index in [-0.39, 0.29) is 38.1 Å². The highest BCUT2D eigenvalue weighted by atomic mass is 32.2. The summed E-state index contributed by atoms with van der Waals surface area (Å²) in [6.45, 7) is 2.20. The van der Waals surface area contributed by atoms with Crippen molar-refractivity contribution >= 4 is 39.0 Å². The number of halogens is 2. The average Bonchev–Trinajstić information content (AvgIpc) is 3.09. The van der Waals surface area contributed by atoms with Gasteiger partial charge in [0.1, 0.15) is 52.8 Å². The molecule has 1 aromatic heterocycles. The van der Waals surface area contributed by atoms with Crippen LogP contribution in [0.1, 0.15) is 11.1 Å². The van der Waals surface area contributed by atoms with E-state index in [1.807, 2.05) is 4.72 Å². The van der Waals surface area contributed by atoms with Crippen molar-refractivity contribution in [2.45, 2.75) is 11.1 Å². The van der Waals surface area contributed by atoms with Gasteiger partial charge in [-0.25, -0.2) is 21.8 Å². The molecule has 176 valence electrons. The van der Waals surface area contributed by atoms with Gasteiger partial charge in [0.15, 0.2) is 0 Å². The van der Waals surface area contributed by atoms with Crippen LogP contribution in [0.15, 0.2) is 34.5 Å². The summed E-state index contributed by atoms with van der Waals surface area (Å²) in [5.74, 6) is -1.76. The van der Waals surface area contributed by atoms with E-state index in [4.69, 9.17) is 14.5 Å². The van der Waals surface area contributed by atoms with Crippen molar-refractivity contribution in [3.63, 3.8) is 0 Å². The Balaban J connectivity index is 1.82. The van der Waals surface area contributed by atoms with Crippen LogP contribution in [0.4, 0.5) is 8.78 Å². The number of hydrogen-bond acceptors (Lipinski definition) is 7. The van der Waals surface area contributed by atoms with Crippen LogP contribution >= 0.6 is 18.9 Å². The van der Waals surface area contributed by atoms with Gasteiger partial charge in [0.2, 0.25) is 0 Å². The van der Waals surface area contributed by atoms with E-state index < -0.39 is 35.5 Å². The number of fused-ring (bicyclic) bond motifs is 1. The number of hydrogen-bond donors (Lipinski definition) is 3. The molecule has 0 saturated carbocycles. The molecule has 0 bridgehead atoms. The third-order valence-electron chi connectivity index (χ3n) is 4.34. The largest absolute Gasteiger partial charge is 0.488 e. The van der Waals surface area contributed by atoms with Crippen molar-refractivity contribution in [1.29, 1.82) is 5.26 Å². The van der Waals surface area contributed by atoms with Gasteiger partial charge in [0.05, 0.1) is 10.3 Å². The fourth-order valence-electron chi connectivity index (χ4n) is 2.83. The number of quaternary nitrogens is 1. The summed E-state index contributed by atoms with van der Waals surface area (Å²) in [6, 6.07) is 7.14. The molecule has 0 fully saturated rings. The van der Waals surface area contributed by atoms with Gasteiger partial charge in [-0.1, -0.05) is 0 Å². The van der Waals surface area contributed by atoms with Crippen LogP contribution < -0.4 is 19.7 Å². The first kappa shape index (κ1) is 25.0. The summed E-state index contributed by atoms with van der Waals surface area (Å²) >= 11 is 0.665. The molecular formula is C19H19F2N3O6PS2+. The number of nitrogens with one attached hydrogen (secondary N) is 1. The molecule has 0 saturated heterocycles. The van der Waals surface area contributed by atoms with Crippen LogP contribution in [0.25, 0.3) is 10.1 Å². The van der Waals surface area contributed by atoms with Crippen LogP contribution in [-0.4, -0.2) is 32.7 Å². The summed E-state index contributed by atoms with van der Waals surface area (Å²) in [5.41, 5.74) is 3.58. The lowest BCUT2D eigenvalue weighted by atomic mass is 10.2. The predicted molar refractivity (Wildman–Crippen MR) is 117 cm³/mol. The highest BCUT2D eigenvalue weighted by Crippen LogP contribution is 2.43. The number of thiophene rings is 1. The zero-order valence-electron chi connectivity index (χ0n) is 17.2. The monoisotopic (exact) mass is 518 g/mol. The molecule has 0 radical (unpaired) electrons. The van der Waals surface area contributed by atoms with E-state index in [2.05, 4.69) is 5.73 Å². The van der Waals surface area contributed by atoms with Crippen molar-refractivity contribution in [2.75, 3.05) is 19.4 Å². The quantitative estimate of drug-likeness (QED) is 0.368. The highest BCUT2D eigenvalue weighted by molar-refractivity contribution is 7.92. The van der Waals surface area contributed by atoms with Crippen molar-refractivity contribution in [1.82, 2.24) is 4.72 Å². The number of nitrogens with zero attached hydrogens (tertiary/aromatic N) is 1. The Morgan fingerprint density at radius 3 is 2.58 bits per heavy atom. The number of nitriles is 1. The predicted octanol–water partition coefficient (Wildman–Crippen LogP) is 2.48. The lowest BCUT2D eigenvalue weighted by Gasteiger charge is -2.14. The smallest absolute Gasteiger partial charge is 0.391 e. The van der Waals surface area contributed by atoms with E-state index in [1.165, 1.54) is 13.0 Å². The molecule has 1 atom stereocenters. The third kappa shape index (κ3) is 5.67. The number of benzene rings is 2. The van der Waals surface area contributed by atoms with Crippen molar-refractivity contribution in [3.8, 4) is 17.6 Å². The number of sulfonamides is 1. The van der Waals surface area contributed by atoms with Gasteiger partial charge in [0.25, 0.3) is 10.0 Å². The first-order chi connectivity index (χ1) is 15.5. The Morgan fingerprint density at radius 1 is 1.24 bits per heavy atom. The fourth-order valence-corrected chi connectivity index (χ4v) is 7.11. The molecule has 3 aromatic rings. The molecule has 0 aliphatic carbocycles. The Kier molecular flexibility index (Phi) is 7.38. The second kappa shape index (κ2) is 9.72. The zero-order valence-corrected chi connectivity index (χ0v) is 19.7. The van der Waals surface area contributed by atoms with Crippen molar-refractivity contribution in [2.24, 2.45) is 0 Å². The van der Waals surface area contributed by atoms with E-state index in [0.717, 1.165) is 24.3 Å². The third-order valence-corrected chi connectivity index (χ3v) is 8.95. The van der Waals surface area contributed by atoms with Crippen LogP contribution in [0, 0.1) is 29.9 Å². The van der Waals surface area contributed by atoms with Gasteiger partial charge >= 0.3 is 7.60 Å². The minimum atomic E-state index is -4.59. The molecule has 5 N–H and O–H groups in total. The Bertz CT molecular complexity index is 1400. The summed E-state index contributed by atoms with van der Waals surface area (Å²) in [4.78, 5) is 10.0. The van der Waals surface area contributed by atoms with E-state index in [9.17, 15) is 26.7 Å². The number of aryl methyl sites for hydroxylation is 1. The minimum absolute atomic E-state index is 0.0892. The van der Waals surface area contributed by atoms with Gasteiger partial charge in [0, 0.05) is 17.5 Å². The molecule has 1 heterocycles. The van der Waals surface area contributed by atoms with Gasteiger partial charge in [-0.2, -0.15) is 9.98 Å². The summed E-state index contributed by atoms with van der Waals surface area (Å²) < 4.78 is 78.1. The molecule has 33 heavy (non-hydrogen) atoms. The summed E-state index contributed by atoms with van der Waals surface area (Å²) in [7, 11) is -8.91. The topological polar surface area (TPSA) is 153 Å². The summed E-state index contributed by atoms with van der Waals surface area (Å²) in [6.07, 6.45) is -1.02. The van der Waals surface area contributed by atoms with Gasteiger partial charge in [-0.15, -0.1) is 11.3 Å². The molecule has 1 unspecified atom stereocenters. The molecule has 3 rings (SSSR count). The number of rotatable bonds is 9. The second-order valence-electron chi connectivity index (χ2n) is 6.79. The fraction of sp³-hybridized carbons (Fsp3) is 0.211. The summed E-state index contributed by atoms with van der Waals surface area (Å²) in [5, 5.41) is 9.06. The van der Waals surface area contributed by atoms with E-state index in [0.29, 0.717) is 23.3 Å². The maximum Gasteiger partial charge on any atom is 0.391 e. The van der Waals surface area contributed by atoms with E-state index >= 15 is 0 Å². The molecule has 0 spiro atoms. The maximum atomic E-state index is 14.5. The zero-order chi connectivity index (χ0) is 24.4. The Labute approximate surface area is 191 Å². The first-order valence-electron chi connectivity index (χ1n) is 9.33.